The largest absolute Gasteiger partial charge is 0.365 e. The highest BCUT2D eigenvalue weighted by Gasteiger charge is 2.46. The number of benzene rings is 2. The Labute approximate surface area is 217 Å². The van der Waals surface area contributed by atoms with Crippen LogP contribution >= 0.6 is 15.9 Å². The molecular formula is C26H35BrN4O3S. The van der Waals surface area contributed by atoms with Crippen LogP contribution in [0.3, 0.4) is 0 Å². The zero-order valence-electron chi connectivity index (χ0n) is 20.7. The lowest BCUT2D eigenvalue weighted by molar-refractivity contribution is -0.139. The number of piperidine rings is 1. The van der Waals surface area contributed by atoms with E-state index < -0.39 is 15.6 Å². The van der Waals surface area contributed by atoms with Gasteiger partial charge in [0.15, 0.2) is 0 Å². The number of halogens is 1. The molecule has 2 saturated heterocycles. The number of piperazine rings is 1. The third-order valence-corrected chi connectivity index (χ3v) is 9.27. The van der Waals surface area contributed by atoms with Gasteiger partial charge in [0.25, 0.3) is 0 Å². The fraction of sp³-hybridized carbons (Fsp3) is 0.500. The minimum atomic E-state index is -3.89. The topological polar surface area (TPSA) is 81.8 Å². The summed E-state index contributed by atoms with van der Waals surface area (Å²) < 4.78 is 30.9. The van der Waals surface area contributed by atoms with Crippen LogP contribution in [-0.2, 0) is 21.2 Å². The molecule has 2 heterocycles. The summed E-state index contributed by atoms with van der Waals surface area (Å²) in [5.74, 6) is -0.117. The van der Waals surface area contributed by atoms with E-state index in [4.69, 9.17) is 0 Å². The highest BCUT2D eigenvalue weighted by atomic mass is 79.9. The number of sulfonamides is 1. The zero-order chi connectivity index (χ0) is 25.2. The van der Waals surface area contributed by atoms with Crippen molar-refractivity contribution in [1.82, 2.24) is 14.9 Å². The molecule has 2 aromatic carbocycles. The van der Waals surface area contributed by atoms with E-state index in [0.717, 1.165) is 15.7 Å². The van der Waals surface area contributed by atoms with E-state index >= 15 is 0 Å². The summed E-state index contributed by atoms with van der Waals surface area (Å²) in [7, 11) is -3.89. The van der Waals surface area contributed by atoms with Crippen molar-refractivity contribution in [3.05, 3.63) is 58.1 Å². The van der Waals surface area contributed by atoms with Crippen LogP contribution in [0.5, 0.6) is 0 Å². The lowest BCUT2D eigenvalue weighted by atomic mass is 9.87. The van der Waals surface area contributed by atoms with Gasteiger partial charge in [-0.3, -0.25) is 4.79 Å². The van der Waals surface area contributed by atoms with E-state index in [1.807, 2.05) is 17.9 Å². The van der Waals surface area contributed by atoms with Gasteiger partial charge in [-0.25, -0.2) is 8.42 Å². The number of carbonyl (C=O) groups excluding carboxylic acids is 1. The molecule has 9 heteroatoms. The Hall–Kier alpha value is -1.94. The van der Waals surface area contributed by atoms with E-state index in [1.165, 1.54) is 5.56 Å². The van der Waals surface area contributed by atoms with Gasteiger partial charge in [0.05, 0.1) is 4.90 Å². The molecule has 0 aliphatic carbocycles. The first-order chi connectivity index (χ1) is 16.6. The summed E-state index contributed by atoms with van der Waals surface area (Å²) in [5.41, 5.74) is 1.94. The number of nitrogens with one attached hydrogen (secondary N) is 2. The number of hydrogen-bond acceptors (Lipinski definition) is 5. The molecule has 0 bridgehead atoms. The van der Waals surface area contributed by atoms with Crippen molar-refractivity contribution in [2.45, 2.75) is 56.5 Å². The second-order valence-electron chi connectivity index (χ2n) is 9.68. The standard InChI is InChI=1S/C26H35BrN4O3S/c1-4-21-17-22(27)8-9-24(21)35(33,34)29-26(10-12-28-13-11-26)25(32)30-14-15-31(20(3)18-30)23-7-5-6-19(2)16-23/h5-9,16-17,20,28-29H,4,10-15,18H2,1-3H3. The molecular weight excluding hydrogens is 528 g/mol. The van der Waals surface area contributed by atoms with E-state index in [9.17, 15) is 13.2 Å². The number of carbonyl (C=O) groups is 1. The van der Waals surface area contributed by atoms with Gasteiger partial charge in [-0.05, 0) is 87.7 Å². The summed E-state index contributed by atoms with van der Waals surface area (Å²) in [6.45, 7) is 9.15. The van der Waals surface area contributed by atoms with Crippen LogP contribution in [0.25, 0.3) is 0 Å². The minimum Gasteiger partial charge on any atom is -0.365 e. The SMILES string of the molecule is CCc1cc(Br)ccc1S(=O)(=O)NC1(C(=O)N2CCN(c3cccc(C)c3)C(C)C2)CCNCC1. The second-order valence-corrected chi connectivity index (χ2v) is 12.2. The number of rotatable bonds is 6. The number of nitrogens with zero attached hydrogens (tertiary/aromatic N) is 2. The van der Waals surface area contributed by atoms with E-state index in [-0.39, 0.29) is 16.8 Å². The first kappa shape index (κ1) is 26.1. The molecule has 1 unspecified atom stereocenters. The Balaban J connectivity index is 1.57. The fourth-order valence-corrected chi connectivity index (χ4v) is 7.37. The maximum Gasteiger partial charge on any atom is 0.244 e. The minimum absolute atomic E-state index is 0.117. The average molecular weight is 564 g/mol. The quantitative estimate of drug-likeness (QED) is 0.563. The molecule has 35 heavy (non-hydrogen) atoms. The van der Waals surface area contributed by atoms with Crippen LogP contribution in [0.2, 0.25) is 0 Å². The predicted molar refractivity (Wildman–Crippen MR) is 143 cm³/mol. The monoisotopic (exact) mass is 562 g/mol. The third-order valence-electron chi connectivity index (χ3n) is 7.14. The van der Waals surface area contributed by atoms with Crippen LogP contribution in [0, 0.1) is 6.92 Å². The van der Waals surface area contributed by atoms with Crippen molar-refractivity contribution in [1.29, 1.82) is 0 Å². The Morgan fingerprint density at radius 3 is 2.57 bits per heavy atom. The highest BCUT2D eigenvalue weighted by Crippen LogP contribution is 2.29. The van der Waals surface area contributed by atoms with Crippen LogP contribution in [-0.4, -0.2) is 63.5 Å². The summed E-state index contributed by atoms with van der Waals surface area (Å²) >= 11 is 3.43. The van der Waals surface area contributed by atoms with Crippen molar-refractivity contribution >= 4 is 37.5 Å². The van der Waals surface area contributed by atoms with Crippen molar-refractivity contribution < 1.29 is 13.2 Å². The number of aryl methyl sites for hydroxylation is 2. The molecule has 2 N–H and O–H groups in total. The average Bonchev–Trinajstić information content (AvgIpc) is 2.83. The van der Waals surface area contributed by atoms with Gasteiger partial charge in [-0.1, -0.05) is 35.0 Å². The molecule has 2 fully saturated rings. The van der Waals surface area contributed by atoms with Crippen LogP contribution in [0.4, 0.5) is 5.69 Å². The highest BCUT2D eigenvalue weighted by molar-refractivity contribution is 9.10. The lowest BCUT2D eigenvalue weighted by Crippen LogP contribution is -2.66. The number of amides is 1. The summed E-state index contributed by atoms with van der Waals surface area (Å²) in [6, 6.07) is 13.7. The first-order valence-electron chi connectivity index (χ1n) is 12.3. The van der Waals surface area contributed by atoms with E-state index in [2.05, 4.69) is 69.0 Å². The Morgan fingerprint density at radius 1 is 1.17 bits per heavy atom. The number of hydrogen-bond donors (Lipinski definition) is 2. The second kappa shape index (κ2) is 10.6. The van der Waals surface area contributed by atoms with Gasteiger partial charge in [-0.2, -0.15) is 4.72 Å². The fourth-order valence-electron chi connectivity index (χ4n) is 5.25. The molecule has 1 atom stereocenters. The number of anilines is 1. The molecule has 0 spiro atoms. The van der Waals surface area contributed by atoms with Crippen LogP contribution < -0.4 is 14.9 Å². The van der Waals surface area contributed by atoms with Gasteiger partial charge in [0.1, 0.15) is 5.54 Å². The molecule has 2 aliphatic heterocycles. The molecule has 7 nitrogen and oxygen atoms in total. The normalized spacial score (nSPS) is 20.6. The van der Waals surface area contributed by atoms with Crippen molar-refractivity contribution in [2.75, 3.05) is 37.6 Å². The Bertz CT molecular complexity index is 1180. The molecule has 1 amide bonds. The summed E-state index contributed by atoms with van der Waals surface area (Å²) in [6.07, 6.45) is 1.43. The Kier molecular flexibility index (Phi) is 7.90. The first-order valence-corrected chi connectivity index (χ1v) is 14.6. The van der Waals surface area contributed by atoms with Crippen molar-refractivity contribution in [2.24, 2.45) is 0 Å². The molecule has 2 aromatic rings. The molecule has 190 valence electrons. The van der Waals surface area contributed by atoms with Crippen LogP contribution in [0.15, 0.2) is 51.8 Å². The van der Waals surface area contributed by atoms with Gasteiger partial charge in [-0.15, -0.1) is 0 Å². The third kappa shape index (κ3) is 5.58. The van der Waals surface area contributed by atoms with Gasteiger partial charge in [0.2, 0.25) is 15.9 Å². The smallest absolute Gasteiger partial charge is 0.244 e. The predicted octanol–water partition coefficient (Wildman–Crippen LogP) is 3.46. The van der Waals surface area contributed by atoms with E-state index in [1.54, 1.807) is 12.1 Å². The molecule has 4 rings (SSSR count). The van der Waals surface area contributed by atoms with Crippen molar-refractivity contribution in [3.63, 3.8) is 0 Å². The van der Waals surface area contributed by atoms with Crippen molar-refractivity contribution in [3.8, 4) is 0 Å². The van der Waals surface area contributed by atoms with Gasteiger partial charge in [0, 0.05) is 35.8 Å². The molecule has 0 radical (unpaired) electrons. The summed E-state index contributed by atoms with van der Waals surface area (Å²) in [4.78, 5) is 18.4. The lowest BCUT2D eigenvalue weighted by Gasteiger charge is -2.46. The maximum absolute atomic E-state index is 14.0. The molecule has 2 aliphatic rings. The molecule has 0 aromatic heterocycles. The van der Waals surface area contributed by atoms with Gasteiger partial charge < -0.3 is 15.1 Å². The van der Waals surface area contributed by atoms with E-state index in [0.29, 0.717) is 52.0 Å². The zero-order valence-corrected chi connectivity index (χ0v) is 23.1. The maximum atomic E-state index is 14.0. The molecule has 0 saturated carbocycles. The summed E-state index contributed by atoms with van der Waals surface area (Å²) in [5, 5.41) is 3.28. The Morgan fingerprint density at radius 2 is 1.91 bits per heavy atom. The van der Waals surface area contributed by atoms with Gasteiger partial charge >= 0.3 is 0 Å². The van der Waals surface area contributed by atoms with Crippen LogP contribution in [0.1, 0.15) is 37.8 Å².